The molecule has 4 aromatic rings. The standard InChI is InChI=1S/C30H36N6O7/c1-2-41-23(38)10-6-7-13-42-21-14-19(18-8-4-3-5-9-18)11-12-20(21)15-32-30-35-24-27(31)33-17-34-28(24)36(30)29-26(40)25(39)22(16-37)43-29/h3-5,8-9,11-12,14,17,22,25-26,29,37,39-40H,2,6-7,10,13,15-16H2,1H3,(H,32,35)(H2,31,33,34)/t22-,25?,26?,29-/m1/s1. The number of rotatable bonds is 13. The highest BCUT2D eigenvalue weighted by Gasteiger charge is 2.45. The number of esters is 1. The minimum Gasteiger partial charge on any atom is -0.493 e. The normalized spacial score (nSPS) is 19.9. The van der Waals surface area contributed by atoms with E-state index in [0.717, 1.165) is 16.7 Å². The number of nitrogen functional groups attached to an aromatic ring is 1. The number of carbonyl (C=O) groups is 1. The minimum absolute atomic E-state index is 0.137. The van der Waals surface area contributed by atoms with Crippen LogP contribution in [0.25, 0.3) is 22.3 Å². The third-order valence-electron chi connectivity index (χ3n) is 7.23. The van der Waals surface area contributed by atoms with Crippen molar-refractivity contribution in [3.8, 4) is 16.9 Å². The first-order valence-electron chi connectivity index (χ1n) is 14.2. The zero-order valence-electron chi connectivity index (χ0n) is 23.8. The van der Waals surface area contributed by atoms with Gasteiger partial charge in [-0.1, -0.05) is 42.5 Å². The van der Waals surface area contributed by atoms with Gasteiger partial charge >= 0.3 is 5.97 Å². The molecule has 0 spiro atoms. The summed E-state index contributed by atoms with van der Waals surface area (Å²) in [5, 5.41) is 34.1. The van der Waals surface area contributed by atoms with Gasteiger partial charge in [-0.05, 0) is 37.0 Å². The van der Waals surface area contributed by atoms with Gasteiger partial charge in [-0.25, -0.2) is 15.0 Å². The molecule has 0 radical (unpaired) electrons. The number of aliphatic hydroxyl groups excluding tert-OH is 3. The Bertz CT molecular complexity index is 1530. The Labute approximate surface area is 248 Å². The first-order chi connectivity index (χ1) is 20.9. The minimum atomic E-state index is -1.36. The largest absolute Gasteiger partial charge is 0.493 e. The number of ether oxygens (including phenoxy) is 3. The van der Waals surface area contributed by atoms with E-state index in [0.29, 0.717) is 49.4 Å². The molecule has 0 amide bonds. The molecule has 1 fully saturated rings. The molecule has 13 heteroatoms. The second-order valence-electron chi connectivity index (χ2n) is 10.1. The lowest BCUT2D eigenvalue weighted by atomic mass is 10.0. The van der Waals surface area contributed by atoms with Crippen LogP contribution in [0, 0.1) is 0 Å². The van der Waals surface area contributed by atoms with E-state index in [2.05, 4.69) is 20.3 Å². The molecule has 2 aromatic heterocycles. The number of hydrogen-bond acceptors (Lipinski definition) is 12. The van der Waals surface area contributed by atoms with Gasteiger partial charge in [0.05, 0.1) is 19.8 Å². The van der Waals surface area contributed by atoms with Gasteiger partial charge in [-0.2, -0.15) is 0 Å². The van der Waals surface area contributed by atoms with E-state index >= 15 is 0 Å². The van der Waals surface area contributed by atoms with Gasteiger partial charge in [0.2, 0.25) is 5.95 Å². The molecule has 0 saturated carbocycles. The number of nitrogens with two attached hydrogens (primary N) is 1. The van der Waals surface area contributed by atoms with Gasteiger partial charge in [0, 0.05) is 18.5 Å². The van der Waals surface area contributed by atoms with Crippen LogP contribution in [0.5, 0.6) is 5.75 Å². The van der Waals surface area contributed by atoms with E-state index in [1.807, 2.05) is 48.5 Å². The van der Waals surface area contributed by atoms with Crippen LogP contribution in [0.15, 0.2) is 54.9 Å². The van der Waals surface area contributed by atoms with Crippen molar-refractivity contribution < 1.29 is 34.3 Å². The number of benzene rings is 2. The SMILES string of the molecule is CCOC(=O)CCCCOc1cc(-c2ccccc2)ccc1CNc1nc2c(N)ncnc2n1[C@@H]1O[C@H](CO)C(O)C1O. The van der Waals surface area contributed by atoms with Crippen LogP contribution in [0.2, 0.25) is 0 Å². The summed E-state index contributed by atoms with van der Waals surface area (Å²) in [6.07, 6.45) is -1.83. The van der Waals surface area contributed by atoms with Gasteiger partial charge in [-0.15, -0.1) is 0 Å². The lowest BCUT2D eigenvalue weighted by molar-refractivity contribution is -0.143. The van der Waals surface area contributed by atoms with Crippen LogP contribution in [0.4, 0.5) is 11.8 Å². The highest BCUT2D eigenvalue weighted by atomic mass is 16.6. The van der Waals surface area contributed by atoms with Gasteiger partial charge in [0.1, 0.15) is 30.4 Å². The summed E-state index contributed by atoms with van der Waals surface area (Å²) in [5.74, 6) is 0.836. The molecule has 13 nitrogen and oxygen atoms in total. The lowest BCUT2D eigenvalue weighted by Gasteiger charge is -2.20. The zero-order valence-corrected chi connectivity index (χ0v) is 23.8. The summed E-state index contributed by atoms with van der Waals surface area (Å²) in [4.78, 5) is 24.6. The number of imidazole rings is 1. The van der Waals surface area contributed by atoms with Gasteiger partial charge in [-0.3, -0.25) is 9.36 Å². The summed E-state index contributed by atoms with van der Waals surface area (Å²) in [5.41, 5.74) is 9.50. The highest BCUT2D eigenvalue weighted by Crippen LogP contribution is 2.36. The van der Waals surface area contributed by atoms with Gasteiger partial charge in [0.25, 0.3) is 0 Å². The van der Waals surface area contributed by atoms with E-state index in [9.17, 15) is 20.1 Å². The van der Waals surface area contributed by atoms with E-state index in [1.54, 1.807) is 6.92 Å². The fourth-order valence-corrected chi connectivity index (χ4v) is 4.99. The van der Waals surface area contributed by atoms with Crippen LogP contribution < -0.4 is 15.8 Å². The van der Waals surface area contributed by atoms with Crippen molar-refractivity contribution in [2.24, 2.45) is 0 Å². The van der Waals surface area contributed by atoms with Gasteiger partial charge < -0.3 is 40.6 Å². The Morgan fingerprint density at radius 1 is 1.09 bits per heavy atom. The topological polar surface area (TPSA) is 187 Å². The summed E-state index contributed by atoms with van der Waals surface area (Å²) in [6, 6.07) is 15.9. The molecule has 5 rings (SSSR count). The second kappa shape index (κ2) is 13.8. The van der Waals surface area contributed by atoms with E-state index in [-0.39, 0.29) is 24.3 Å². The molecule has 228 valence electrons. The molecule has 3 heterocycles. The number of hydrogen-bond donors (Lipinski definition) is 5. The molecule has 2 aromatic carbocycles. The molecule has 0 aliphatic carbocycles. The Morgan fingerprint density at radius 2 is 1.91 bits per heavy atom. The first kappa shape index (κ1) is 30.2. The number of anilines is 2. The van der Waals surface area contributed by atoms with Crippen molar-refractivity contribution in [2.75, 3.05) is 30.9 Å². The van der Waals surface area contributed by atoms with Crippen molar-refractivity contribution in [1.82, 2.24) is 19.5 Å². The molecule has 0 bridgehead atoms. The molecule has 6 N–H and O–H groups in total. The first-order valence-corrected chi connectivity index (χ1v) is 14.2. The number of aromatic nitrogens is 4. The Kier molecular flexibility index (Phi) is 9.67. The van der Waals surface area contributed by atoms with Crippen LogP contribution in [0.3, 0.4) is 0 Å². The van der Waals surface area contributed by atoms with Crippen LogP contribution in [-0.4, -0.2) is 78.9 Å². The molecule has 43 heavy (non-hydrogen) atoms. The average Bonchev–Trinajstić information content (AvgIpc) is 3.53. The zero-order chi connectivity index (χ0) is 30.3. The molecule has 1 aliphatic heterocycles. The van der Waals surface area contributed by atoms with Crippen molar-refractivity contribution in [2.45, 2.75) is 57.3 Å². The van der Waals surface area contributed by atoms with Crippen molar-refractivity contribution in [1.29, 1.82) is 0 Å². The Balaban J connectivity index is 1.40. The maximum Gasteiger partial charge on any atom is 0.305 e. The monoisotopic (exact) mass is 592 g/mol. The Hall–Kier alpha value is -4.30. The third kappa shape index (κ3) is 6.70. The average molecular weight is 593 g/mol. The number of unbranched alkanes of at least 4 members (excludes halogenated alkanes) is 1. The molecular formula is C30H36N6O7. The second-order valence-corrected chi connectivity index (χ2v) is 10.1. The number of nitrogens with zero attached hydrogens (tertiary/aromatic N) is 4. The Morgan fingerprint density at radius 3 is 2.65 bits per heavy atom. The molecule has 1 aliphatic rings. The number of aliphatic hydroxyl groups is 3. The van der Waals surface area contributed by atoms with Crippen molar-refractivity contribution in [3.05, 3.63) is 60.4 Å². The van der Waals surface area contributed by atoms with Crippen molar-refractivity contribution in [3.63, 3.8) is 0 Å². The van der Waals surface area contributed by atoms with Gasteiger partial charge in [0.15, 0.2) is 23.2 Å². The lowest BCUT2D eigenvalue weighted by Crippen LogP contribution is -2.33. The fourth-order valence-electron chi connectivity index (χ4n) is 4.99. The van der Waals surface area contributed by atoms with Crippen LogP contribution in [0.1, 0.15) is 38.0 Å². The maximum atomic E-state index is 11.7. The number of fused-ring (bicyclic) bond motifs is 1. The maximum absolute atomic E-state index is 11.7. The summed E-state index contributed by atoms with van der Waals surface area (Å²) in [6.45, 7) is 2.33. The van der Waals surface area contributed by atoms with Crippen LogP contribution in [-0.2, 0) is 20.8 Å². The predicted molar refractivity (Wildman–Crippen MR) is 158 cm³/mol. The van der Waals surface area contributed by atoms with Crippen LogP contribution >= 0.6 is 0 Å². The van der Waals surface area contributed by atoms with E-state index in [4.69, 9.17) is 19.9 Å². The number of nitrogens with one attached hydrogen (secondary N) is 1. The third-order valence-corrected chi connectivity index (χ3v) is 7.23. The highest BCUT2D eigenvalue weighted by molar-refractivity contribution is 5.84. The molecular weight excluding hydrogens is 556 g/mol. The summed E-state index contributed by atoms with van der Waals surface area (Å²) in [7, 11) is 0. The molecule has 1 saturated heterocycles. The van der Waals surface area contributed by atoms with Crippen molar-refractivity contribution >= 4 is 28.9 Å². The van der Waals surface area contributed by atoms with E-state index in [1.165, 1.54) is 10.9 Å². The quantitative estimate of drug-likeness (QED) is 0.113. The fraction of sp³-hybridized carbons (Fsp3) is 0.400. The summed E-state index contributed by atoms with van der Waals surface area (Å²) < 4.78 is 18.5. The number of carbonyl (C=O) groups excluding carboxylic acids is 1. The summed E-state index contributed by atoms with van der Waals surface area (Å²) >= 11 is 0. The molecule has 4 atom stereocenters. The predicted octanol–water partition coefficient (Wildman–Crippen LogP) is 2.41. The smallest absolute Gasteiger partial charge is 0.305 e. The molecule has 2 unspecified atom stereocenters. The van der Waals surface area contributed by atoms with E-state index < -0.39 is 31.1 Å².